The van der Waals surface area contributed by atoms with Gasteiger partial charge in [0, 0.05) is 5.69 Å². The molecule has 0 heterocycles. The number of carbonyl (C=O) groups excluding carboxylic acids is 1. The normalized spacial score (nSPS) is 10.8. The van der Waals surface area contributed by atoms with Crippen molar-refractivity contribution in [2.24, 2.45) is 0 Å². The molecule has 6 heteroatoms. The van der Waals surface area contributed by atoms with Crippen LogP contribution >= 0.6 is 0 Å². The Labute approximate surface area is 107 Å². The van der Waals surface area contributed by atoms with Gasteiger partial charge in [-0.05, 0) is 30.7 Å². The fourth-order valence-electron chi connectivity index (χ4n) is 1.20. The van der Waals surface area contributed by atoms with Crippen LogP contribution in [-0.2, 0) is 14.8 Å². The zero-order valence-corrected chi connectivity index (χ0v) is 11.1. The predicted molar refractivity (Wildman–Crippen MR) is 70.0 cm³/mol. The smallest absolute Gasteiger partial charge is 0.338 e. The third-order valence-corrected chi connectivity index (χ3v) is 2.46. The summed E-state index contributed by atoms with van der Waals surface area (Å²) in [5, 5.41) is 0. The first-order valence-electron chi connectivity index (χ1n) is 5.17. The van der Waals surface area contributed by atoms with Gasteiger partial charge in [-0.15, -0.1) is 0 Å². The molecule has 5 nitrogen and oxygen atoms in total. The molecule has 0 aromatic heterocycles. The van der Waals surface area contributed by atoms with Gasteiger partial charge in [0.2, 0.25) is 10.0 Å². The molecule has 0 fully saturated rings. The lowest BCUT2D eigenvalue weighted by molar-refractivity contribution is 0.0540. The average Bonchev–Trinajstić information content (AvgIpc) is 2.23. The van der Waals surface area contributed by atoms with Gasteiger partial charge >= 0.3 is 5.97 Å². The van der Waals surface area contributed by atoms with Gasteiger partial charge in [0.1, 0.15) is 6.61 Å². The van der Waals surface area contributed by atoms with Crippen LogP contribution in [0, 0.1) is 0 Å². The highest BCUT2D eigenvalue weighted by Gasteiger charge is 2.09. The van der Waals surface area contributed by atoms with Crippen molar-refractivity contribution in [3.63, 3.8) is 0 Å². The Bertz CT molecular complexity index is 563. The molecule has 0 atom stereocenters. The molecule has 0 amide bonds. The first kappa shape index (κ1) is 14.2. The molecule has 1 rings (SSSR count). The van der Waals surface area contributed by atoms with E-state index in [1.807, 2.05) is 0 Å². The van der Waals surface area contributed by atoms with Crippen LogP contribution in [0.2, 0.25) is 0 Å². The first-order chi connectivity index (χ1) is 8.28. The van der Waals surface area contributed by atoms with Crippen molar-refractivity contribution in [3.05, 3.63) is 42.0 Å². The Kier molecular flexibility index (Phi) is 4.49. The van der Waals surface area contributed by atoms with Crippen LogP contribution in [0.15, 0.2) is 36.4 Å². The number of hydrogen-bond donors (Lipinski definition) is 1. The fourth-order valence-corrected chi connectivity index (χ4v) is 1.75. The molecule has 0 aliphatic rings. The van der Waals surface area contributed by atoms with Gasteiger partial charge in [0.05, 0.1) is 11.8 Å². The molecule has 1 aromatic rings. The van der Waals surface area contributed by atoms with Crippen molar-refractivity contribution in [3.8, 4) is 0 Å². The van der Waals surface area contributed by atoms with Crippen molar-refractivity contribution < 1.29 is 17.9 Å². The van der Waals surface area contributed by atoms with Crippen LogP contribution in [-0.4, -0.2) is 27.2 Å². The van der Waals surface area contributed by atoms with Crippen molar-refractivity contribution in [1.29, 1.82) is 0 Å². The highest BCUT2D eigenvalue weighted by Crippen LogP contribution is 2.13. The second kappa shape index (κ2) is 5.68. The zero-order valence-electron chi connectivity index (χ0n) is 10.3. The van der Waals surface area contributed by atoms with Gasteiger partial charge in [-0.1, -0.05) is 12.6 Å². The van der Waals surface area contributed by atoms with Crippen molar-refractivity contribution >= 4 is 21.7 Å². The van der Waals surface area contributed by atoms with Crippen molar-refractivity contribution in [2.75, 3.05) is 17.6 Å². The lowest BCUT2D eigenvalue weighted by atomic mass is 10.2. The maximum absolute atomic E-state index is 11.6. The second-order valence-electron chi connectivity index (χ2n) is 3.99. The molecular weight excluding hydrogens is 254 g/mol. The van der Waals surface area contributed by atoms with E-state index in [1.54, 1.807) is 25.1 Å². The summed E-state index contributed by atoms with van der Waals surface area (Å²) < 4.78 is 29.4. The Balaban J connectivity index is 2.82. The summed E-state index contributed by atoms with van der Waals surface area (Å²) in [6.45, 7) is 5.50. The van der Waals surface area contributed by atoms with Gasteiger partial charge in [0.25, 0.3) is 0 Å². The Hall–Kier alpha value is -1.82. The van der Waals surface area contributed by atoms with E-state index in [4.69, 9.17) is 4.74 Å². The number of esters is 1. The molecule has 0 bridgehead atoms. The molecule has 1 aromatic carbocycles. The van der Waals surface area contributed by atoms with Crippen LogP contribution in [0.1, 0.15) is 17.3 Å². The average molecular weight is 269 g/mol. The number of nitrogens with one attached hydrogen (secondary N) is 1. The van der Waals surface area contributed by atoms with E-state index in [2.05, 4.69) is 11.3 Å². The van der Waals surface area contributed by atoms with E-state index in [9.17, 15) is 13.2 Å². The van der Waals surface area contributed by atoms with Gasteiger partial charge in [-0.25, -0.2) is 13.2 Å². The fraction of sp³-hybridized carbons (Fsp3) is 0.250. The van der Waals surface area contributed by atoms with Crippen LogP contribution in [0.4, 0.5) is 5.69 Å². The molecule has 0 unspecified atom stereocenters. The number of benzene rings is 1. The molecule has 0 radical (unpaired) electrons. The van der Waals surface area contributed by atoms with Crippen LogP contribution in [0.3, 0.4) is 0 Å². The van der Waals surface area contributed by atoms with E-state index >= 15 is 0 Å². The number of ether oxygens (including phenoxy) is 1. The maximum Gasteiger partial charge on any atom is 0.338 e. The van der Waals surface area contributed by atoms with Gasteiger partial charge in [-0.2, -0.15) is 0 Å². The summed E-state index contributed by atoms with van der Waals surface area (Å²) in [6.07, 6.45) is 1.04. The first-order valence-corrected chi connectivity index (χ1v) is 7.06. The summed E-state index contributed by atoms with van der Waals surface area (Å²) in [5.41, 5.74) is 1.33. The topological polar surface area (TPSA) is 72.5 Å². The highest BCUT2D eigenvalue weighted by atomic mass is 32.2. The summed E-state index contributed by atoms with van der Waals surface area (Å²) >= 11 is 0. The summed E-state index contributed by atoms with van der Waals surface area (Å²) in [4.78, 5) is 11.6. The largest absolute Gasteiger partial charge is 0.458 e. The quantitative estimate of drug-likeness (QED) is 0.653. The number of carbonyl (C=O) groups is 1. The Morgan fingerprint density at radius 3 is 2.67 bits per heavy atom. The second-order valence-corrected chi connectivity index (χ2v) is 5.74. The summed E-state index contributed by atoms with van der Waals surface area (Å²) in [6, 6.07) is 6.09. The summed E-state index contributed by atoms with van der Waals surface area (Å²) in [7, 11) is -3.36. The highest BCUT2D eigenvalue weighted by molar-refractivity contribution is 7.92. The Morgan fingerprint density at radius 2 is 2.11 bits per heavy atom. The third-order valence-electron chi connectivity index (χ3n) is 1.85. The maximum atomic E-state index is 11.6. The van der Waals surface area contributed by atoms with Crippen LogP contribution in [0.25, 0.3) is 0 Å². The SMILES string of the molecule is C=C(C)COC(=O)c1cccc(NS(C)(=O)=O)c1. The lowest BCUT2D eigenvalue weighted by Gasteiger charge is -2.07. The van der Waals surface area contributed by atoms with Gasteiger partial charge in [-0.3, -0.25) is 4.72 Å². The number of sulfonamides is 1. The minimum atomic E-state index is -3.36. The summed E-state index contributed by atoms with van der Waals surface area (Å²) in [5.74, 6) is -0.518. The van der Waals surface area contributed by atoms with Crippen molar-refractivity contribution in [1.82, 2.24) is 0 Å². The molecule has 1 N–H and O–H groups in total. The lowest BCUT2D eigenvalue weighted by Crippen LogP contribution is -2.11. The van der Waals surface area contributed by atoms with Gasteiger partial charge < -0.3 is 4.74 Å². The van der Waals surface area contributed by atoms with Gasteiger partial charge in [0.15, 0.2) is 0 Å². The van der Waals surface area contributed by atoms with E-state index < -0.39 is 16.0 Å². The van der Waals surface area contributed by atoms with E-state index in [1.165, 1.54) is 6.07 Å². The molecule has 0 aliphatic heterocycles. The number of rotatable bonds is 5. The molecule has 0 saturated heterocycles. The molecule has 0 spiro atoms. The number of hydrogen-bond acceptors (Lipinski definition) is 4. The third kappa shape index (κ3) is 5.01. The predicted octanol–water partition coefficient (Wildman–Crippen LogP) is 1.79. The molecule has 98 valence electrons. The minimum Gasteiger partial charge on any atom is -0.458 e. The minimum absolute atomic E-state index is 0.141. The molecular formula is C12H15NO4S. The molecule has 0 aliphatic carbocycles. The van der Waals surface area contributed by atoms with Crippen LogP contribution < -0.4 is 4.72 Å². The number of anilines is 1. The van der Waals surface area contributed by atoms with Crippen molar-refractivity contribution in [2.45, 2.75) is 6.92 Å². The van der Waals surface area contributed by atoms with E-state index in [0.29, 0.717) is 5.69 Å². The molecule has 0 saturated carbocycles. The standard InChI is InChI=1S/C12H15NO4S/c1-9(2)8-17-12(14)10-5-4-6-11(7-10)13-18(3,15)16/h4-7,13H,1,8H2,2-3H3. The van der Waals surface area contributed by atoms with E-state index in [-0.39, 0.29) is 12.2 Å². The zero-order chi connectivity index (χ0) is 13.8. The monoisotopic (exact) mass is 269 g/mol. The van der Waals surface area contributed by atoms with E-state index in [0.717, 1.165) is 11.8 Å². The Morgan fingerprint density at radius 1 is 1.44 bits per heavy atom. The van der Waals surface area contributed by atoms with Crippen LogP contribution in [0.5, 0.6) is 0 Å². The molecule has 18 heavy (non-hydrogen) atoms.